The number of rotatable bonds is 5. The van der Waals surface area contributed by atoms with Crippen molar-refractivity contribution in [1.29, 1.82) is 0 Å². The normalized spacial score (nSPS) is 11.8. The van der Waals surface area contributed by atoms with E-state index in [0.717, 1.165) is 0 Å². The summed E-state index contributed by atoms with van der Waals surface area (Å²) in [6.45, 7) is 0.272. The molecule has 1 unspecified atom stereocenters. The van der Waals surface area contributed by atoms with E-state index >= 15 is 0 Å². The van der Waals surface area contributed by atoms with Gasteiger partial charge in [0.2, 0.25) is 0 Å². The number of nitro benzene ring substituents is 1. The average Bonchev–Trinajstić information content (AvgIpc) is 2.90. The van der Waals surface area contributed by atoms with Crippen molar-refractivity contribution >= 4 is 11.8 Å². The second-order valence-corrected chi connectivity index (χ2v) is 4.00. The Morgan fingerprint density at radius 1 is 1.45 bits per heavy atom. The minimum atomic E-state index is -0.916. The Morgan fingerprint density at radius 3 is 2.65 bits per heavy atom. The first-order chi connectivity index (χ1) is 9.56. The van der Waals surface area contributed by atoms with Gasteiger partial charge < -0.3 is 10.5 Å². The maximum absolute atomic E-state index is 10.9. The zero-order valence-corrected chi connectivity index (χ0v) is 10.4. The first kappa shape index (κ1) is 13.5. The number of benzene rings is 1. The number of amides is 1. The van der Waals surface area contributed by atoms with E-state index in [9.17, 15) is 14.9 Å². The van der Waals surface area contributed by atoms with Gasteiger partial charge in [0.1, 0.15) is 6.10 Å². The third-order valence-corrected chi connectivity index (χ3v) is 2.65. The van der Waals surface area contributed by atoms with Crippen molar-refractivity contribution in [2.45, 2.75) is 12.6 Å². The number of nitrogens with zero attached hydrogens (tertiary/aromatic N) is 3. The number of aromatic nitrogens is 2. The highest BCUT2D eigenvalue weighted by Crippen LogP contribution is 2.22. The molecule has 0 aliphatic carbocycles. The Bertz CT molecular complexity index is 594. The summed E-state index contributed by atoms with van der Waals surface area (Å²) in [7, 11) is 0. The molecule has 8 nitrogen and oxygen atoms in total. The lowest BCUT2D eigenvalue weighted by Gasteiger charge is -2.16. The van der Waals surface area contributed by atoms with Crippen molar-refractivity contribution in [1.82, 2.24) is 9.78 Å². The largest absolute Gasteiger partial charge is 0.440 e. The first-order valence-electron chi connectivity index (χ1n) is 5.74. The summed E-state index contributed by atoms with van der Waals surface area (Å²) in [4.78, 5) is 21.1. The van der Waals surface area contributed by atoms with Gasteiger partial charge in [0, 0.05) is 24.5 Å². The molecule has 0 spiro atoms. The van der Waals surface area contributed by atoms with Crippen LogP contribution in [0.4, 0.5) is 10.5 Å². The van der Waals surface area contributed by atoms with Gasteiger partial charge in [-0.15, -0.1) is 0 Å². The van der Waals surface area contributed by atoms with Crippen molar-refractivity contribution < 1.29 is 14.5 Å². The van der Waals surface area contributed by atoms with Crippen LogP contribution in [-0.4, -0.2) is 20.8 Å². The highest BCUT2D eigenvalue weighted by Gasteiger charge is 2.17. The lowest BCUT2D eigenvalue weighted by Crippen LogP contribution is -2.21. The molecule has 2 rings (SSSR count). The molecule has 1 aromatic heterocycles. The summed E-state index contributed by atoms with van der Waals surface area (Å²) >= 11 is 0. The van der Waals surface area contributed by atoms with Crippen LogP contribution in [0.2, 0.25) is 0 Å². The number of primary amides is 1. The van der Waals surface area contributed by atoms with Crippen molar-refractivity contribution in [3.05, 3.63) is 58.4 Å². The highest BCUT2D eigenvalue weighted by molar-refractivity contribution is 5.65. The number of nitro groups is 1. The SMILES string of the molecule is NC(=O)OC(Cn1cccn1)c1ccc([N+](=O)[O-])cc1. The Hall–Kier alpha value is -2.90. The molecule has 8 heteroatoms. The molecule has 0 saturated heterocycles. The van der Waals surface area contributed by atoms with E-state index in [2.05, 4.69) is 5.10 Å². The number of carbonyl (C=O) groups excluding carboxylic acids is 1. The van der Waals surface area contributed by atoms with Crippen LogP contribution in [0, 0.1) is 10.1 Å². The zero-order valence-electron chi connectivity index (χ0n) is 10.4. The van der Waals surface area contributed by atoms with Crippen molar-refractivity contribution in [2.75, 3.05) is 0 Å². The van der Waals surface area contributed by atoms with Gasteiger partial charge in [-0.25, -0.2) is 4.79 Å². The summed E-state index contributed by atoms with van der Waals surface area (Å²) in [5.74, 6) is 0. The lowest BCUT2D eigenvalue weighted by atomic mass is 10.1. The van der Waals surface area contributed by atoms with Gasteiger partial charge in [-0.3, -0.25) is 14.8 Å². The minimum absolute atomic E-state index is 0.0364. The summed E-state index contributed by atoms with van der Waals surface area (Å²) in [5, 5.41) is 14.6. The molecule has 2 N–H and O–H groups in total. The standard InChI is InChI=1S/C12H12N4O4/c13-12(17)20-11(8-15-7-1-6-14-15)9-2-4-10(5-3-9)16(18)19/h1-7,11H,8H2,(H2,13,17). The molecule has 1 atom stereocenters. The Kier molecular flexibility index (Phi) is 3.94. The molecule has 1 aromatic carbocycles. The quantitative estimate of drug-likeness (QED) is 0.658. The molecule has 0 radical (unpaired) electrons. The molecule has 0 bridgehead atoms. The molecule has 0 aliphatic heterocycles. The van der Waals surface area contributed by atoms with Crippen LogP contribution in [0.3, 0.4) is 0 Å². The minimum Gasteiger partial charge on any atom is -0.440 e. The number of carbonyl (C=O) groups is 1. The van der Waals surface area contributed by atoms with Gasteiger partial charge >= 0.3 is 6.09 Å². The van der Waals surface area contributed by atoms with Crippen LogP contribution in [0.25, 0.3) is 0 Å². The van der Waals surface area contributed by atoms with Gasteiger partial charge in [-0.1, -0.05) is 0 Å². The summed E-state index contributed by atoms with van der Waals surface area (Å²) < 4.78 is 6.60. The molecule has 1 amide bonds. The smallest absolute Gasteiger partial charge is 0.405 e. The van der Waals surface area contributed by atoms with Gasteiger partial charge in [0.15, 0.2) is 0 Å². The number of nitrogens with two attached hydrogens (primary N) is 1. The second kappa shape index (κ2) is 5.83. The number of ether oxygens (including phenoxy) is 1. The molecule has 104 valence electrons. The van der Waals surface area contributed by atoms with Crippen LogP contribution in [0.15, 0.2) is 42.7 Å². The lowest BCUT2D eigenvalue weighted by molar-refractivity contribution is -0.384. The fourth-order valence-electron chi connectivity index (χ4n) is 1.74. The van der Waals surface area contributed by atoms with E-state index in [4.69, 9.17) is 10.5 Å². The molecule has 0 saturated carbocycles. The monoisotopic (exact) mass is 276 g/mol. The molecule has 20 heavy (non-hydrogen) atoms. The summed E-state index contributed by atoms with van der Waals surface area (Å²) in [6, 6.07) is 7.47. The van der Waals surface area contributed by atoms with E-state index in [1.807, 2.05) is 0 Å². The summed E-state index contributed by atoms with van der Waals surface area (Å²) in [6.07, 6.45) is 1.73. The maximum Gasteiger partial charge on any atom is 0.405 e. The van der Waals surface area contributed by atoms with Crippen molar-refractivity contribution in [3.8, 4) is 0 Å². The predicted octanol–water partition coefficient (Wildman–Crippen LogP) is 1.63. The fourth-order valence-corrected chi connectivity index (χ4v) is 1.74. The predicted molar refractivity (Wildman–Crippen MR) is 68.7 cm³/mol. The van der Waals surface area contributed by atoms with Gasteiger partial charge in [-0.2, -0.15) is 5.10 Å². The van der Waals surface area contributed by atoms with Gasteiger partial charge in [-0.05, 0) is 23.8 Å². The van der Waals surface area contributed by atoms with E-state index in [0.29, 0.717) is 5.56 Å². The molecule has 2 aromatic rings. The molecule has 0 aliphatic rings. The summed E-state index contributed by atoms with van der Waals surface area (Å²) in [5.41, 5.74) is 5.60. The third-order valence-electron chi connectivity index (χ3n) is 2.65. The van der Waals surface area contributed by atoms with Crippen molar-refractivity contribution in [3.63, 3.8) is 0 Å². The fraction of sp³-hybridized carbons (Fsp3) is 0.167. The average molecular weight is 276 g/mol. The second-order valence-electron chi connectivity index (χ2n) is 4.00. The highest BCUT2D eigenvalue weighted by atomic mass is 16.6. The Labute approximate surface area is 113 Å². The topological polar surface area (TPSA) is 113 Å². The van der Waals surface area contributed by atoms with E-state index < -0.39 is 17.1 Å². The Balaban J connectivity index is 2.21. The van der Waals surface area contributed by atoms with Crippen LogP contribution in [0.5, 0.6) is 0 Å². The molecular formula is C12H12N4O4. The number of non-ortho nitro benzene ring substituents is 1. The van der Waals surface area contributed by atoms with Crippen LogP contribution < -0.4 is 5.73 Å². The van der Waals surface area contributed by atoms with Crippen LogP contribution in [-0.2, 0) is 11.3 Å². The van der Waals surface area contributed by atoms with Crippen LogP contribution in [0.1, 0.15) is 11.7 Å². The van der Waals surface area contributed by atoms with Gasteiger partial charge in [0.25, 0.3) is 5.69 Å². The molecular weight excluding hydrogens is 264 g/mol. The Morgan fingerprint density at radius 2 is 2.15 bits per heavy atom. The molecule has 1 heterocycles. The third kappa shape index (κ3) is 3.31. The van der Waals surface area contributed by atoms with E-state index in [1.54, 1.807) is 23.1 Å². The maximum atomic E-state index is 10.9. The van der Waals surface area contributed by atoms with Crippen LogP contribution >= 0.6 is 0 Å². The number of hydrogen-bond acceptors (Lipinski definition) is 5. The van der Waals surface area contributed by atoms with Crippen molar-refractivity contribution in [2.24, 2.45) is 5.73 Å². The zero-order chi connectivity index (χ0) is 14.5. The van der Waals surface area contributed by atoms with E-state index in [-0.39, 0.29) is 12.2 Å². The van der Waals surface area contributed by atoms with E-state index in [1.165, 1.54) is 24.3 Å². The van der Waals surface area contributed by atoms with Gasteiger partial charge in [0.05, 0.1) is 11.5 Å². The molecule has 0 fully saturated rings. The number of hydrogen-bond donors (Lipinski definition) is 1. The first-order valence-corrected chi connectivity index (χ1v) is 5.74.